The van der Waals surface area contributed by atoms with Crippen molar-refractivity contribution in [3.8, 4) is 0 Å². The summed E-state index contributed by atoms with van der Waals surface area (Å²) in [5.41, 5.74) is 2.31. The molecule has 1 aromatic carbocycles. The van der Waals surface area contributed by atoms with Gasteiger partial charge in [-0.1, -0.05) is 51.1 Å². The van der Waals surface area contributed by atoms with Crippen molar-refractivity contribution < 1.29 is 13.9 Å². The summed E-state index contributed by atoms with van der Waals surface area (Å²) >= 11 is 0. The van der Waals surface area contributed by atoms with Crippen molar-refractivity contribution in [1.29, 1.82) is 0 Å². The zero-order valence-electron chi connectivity index (χ0n) is 22.4. The number of nitrogens with zero attached hydrogens (tertiary/aromatic N) is 4. The minimum Gasteiger partial charge on any atom is -0.409 e. The fourth-order valence-electron chi connectivity index (χ4n) is 4.45. The molecular weight excluding hydrogens is 456 g/mol. The van der Waals surface area contributed by atoms with Gasteiger partial charge in [0.1, 0.15) is 6.10 Å². The Morgan fingerprint density at radius 3 is 2.46 bits per heavy atom. The topological polar surface area (TPSA) is 61.1 Å². The van der Waals surface area contributed by atoms with E-state index in [1.54, 1.807) is 6.20 Å². The van der Waals surface area contributed by atoms with Crippen molar-refractivity contribution in [1.82, 2.24) is 19.3 Å². The molecule has 0 spiro atoms. The van der Waals surface area contributed by atoms with Crippen molar-refractivity contribution >= 4 is 14.1 Å². The van der Waals surface area contributed by atoms with E-state index in [9.17, 15) is 0 Å². The molecule has 3 heterocycles. The number of fused-ring (bicyclic) bond motifs is 1. The number of rotatable bonds is 8. The maximum Gasteiger partial charge on any atom is 0.233 e. The molecule has 3 atom stereocenters. The standard InChI is InChI=1S/C27H40N4O3Si/c1-26(2,3)35(7,8)34-24(22-19-32-27(4,5)33-22)23(30(6)18-20-12-10-9-11-13-20)21-14-15-28-25-29-16-17-31(21)25/h9-17,22-24H,18-19H2,1-8H3/t22-,23-,24-/m1/s1. The van der Waals surface area contributed by atoms with E-state index in [0.717, 1.165) is 12.2 Å². The van der Waals surface area contributed by atoms with E-state index in [-0.39, 0.29) is 23.3 Å². The quantitative estimate of drug-likeness (QED) is 0.387. The van der Waals surface area contributed by atoms with Gasteiger partial charge in [0.05, 0.1) is 18.8 Å². The lowest BCUT2D eigenvalue weighted by Gasteiger charge is -2.45. The highest BCUT2D eigenvalue weighted by atomic mass is 28.4. The third-order valence-electron chi connectivity index (χ3n) is 7.33. The first-order valence-corrected chi connectivity index (χ1v) is 15.3. The Morgan fingerprint density at radius 2 is 1.83 bits per heavy atom. The van der Waals surface area contributed by atoms with Crippen molar-refractivity contribution in [3.05, 3.63) is 66.2 Å². The smallest absolute Gasteiger partial charge is 0.233 e. The maximum atomic E-state index is 7.22. The van der Waals surface area contributed by atoms with Gasteiger partial charge in [-0.25, -0.2) is 9.97 Å². The van der Waals surface area contributed by atoms with Gasteiger partial charge < -0.3 is 13.9 Å². The molecule has 7 nitrogen and oxygen atoms in total. The molecule has 1 fully saturated rings. The molecule has 190 valence electrons. The molecule has 0 amide bonds. The van der Waals surface area contributed by atoms with Crippen LogP contribution in [-0.4, -0.2) is 59.2 Å². The summed E-state index contributed by atoms with van der Waals surface area (Å²) in [5.74, 6) is 0.0285. The second-order valence-corrected chi connectivity index (χ2v) is 16.3. The first-order valence-electron chi connectivity index (χ1n) is 12.4. The van der Waals surface area contributed by atoms with Gasteiger partial charge in [0, 0.05) is 30.8 Å². The van der Waals surface area contributed by atoms with E-state index in [2.05, 4.69) is 90.5 Å². The molecule has 2 aromatic heterocycles. The summed E-state index contributed by atoms with van der Waals surface area (Å²) in [6, 6.07) is 12.5. The molecule has 0 saturated carbocycles. The second-order valence-electron chi connectivity index (χ2n) is 11.5. The Bertz CT molecular complexity index is 1130. The van der Waals surface area contributed by atoms with E-state index >= 15 is 0 Å². The second kappa shape index (κ2) is 9.75. The molecule has 1 saturated heterocycles. The van der Waals surface area contributed by atoms with Crippen LogP contribution in [0.25, 0.3) is 5.78 Å². The van der Waals surface area contributed by atoms with Gasteiger partial charge in [-0.05, 0) is 50.7 Å². The molecule has 0 bridgehead atoms. The number of hydrogen-bond donors (Lipinski definition) is 0. The zero-order chi connectivity index (χ0) is 25.4. The van der Waals surface area contributed by atoms with Gasteiger partial charge in [0.15, 0.2) is 14.1 Å². The van der Waals surface area contributed by atoms with Gasteiger partial charge >= 0.3 is 0 Å². The molecule has 0 aliphatic carbocycles. The van der Waals surface area contributed by atoms with Crippen LogP contribution in [0.3, 0.4) is 0 Å². The minimum absolute atomic E-state index is 0.0470. The van der Waals surface area contributed by atoms with Crippen LogP contribution in [0.1, 0.15) is 51.9 Å². The Labute approximate surface area is 210 Å². The lowest BCUT2D eigenvalue weighted by Crippen LogP contribution is -2.52. The Kier molecular flexibility index (Phi) is 7.23. The van der Waals surface area contributed by atoms with Crippen LogP contribution in [0, 0.1) is 0 Å². The first-order chi connectivity index (χ1) is 16.4. The molecule has 8 heteroatoms. The molecule has 4 rings (SSSR count). The van der Waals surface area contributed by atoms with E-state index < -0.39 is 14.1 Å². The van der Waals surface area contributed by atoms with Crippen molar-refractivity contribution in [2.24, 2.45) is 0 Å². The van der Waals surface area contributed by atoms with Crippen molar-refractivity contribution in [2.75, 3.05) is 13.7 Å². The molecule has 0 radical (unpaired) electrons. The predicted molar refractivity (Wildman–Crippen MR) is 141 cm³/mol. The largest absolute Gasteiger partial charge is 0.409 e. The van der Waals surface area contributed by atoms with Gasteiger partial charge in [0.25, 0.3) is 0 Å². The Morgan fingerprint density at radius 1 is 1.14 bits per heavy atom. The predicted octanol–water partition coefficient (Wildman–Crippen LogP) is 5.44. The summed E-state index contributed by atoms with van der Waals surface area (Å²) in [7, 11) is -0.0130. The lowest BCUT2D eigenvalue weighted by atomic mass is 9.99. The minimum atomic E-state index is -2.17. The van der Waals surface area contributed by atoms with Gasteiger partial charge in [0.2, 0.25) is 5.78 Å². The highest BCUT2D eigenvalue weighted by molar-refractivity contribution is 6.74. The molecule has 0 N–H and O–H groups in total. The monoisotopic (exact) mass is 496 g/mol. The fourth-order valence-corrected chi connectivity index (χ4v) is 5.76. The molecular formula is C27H40N4O3Si. The van der Waals surface area contributed by atoms with E-state index in [0.29, 0.717) is 12.4 Å². The number of imidazole rings is 1. The number of hydrogen-bond acceptors (Lipinski definition) is 6. The number of ether oxygens (including phenoxy) is 2. The van der Waals surface area contributed by atoms with Gasteiger partial charge in [-0.15, -0.1) is 0 Å². The molecule has 1 aliphatic rings. The van der Waals surface area contributed by atoms with E-state index in [1.807, 2.05) is 32.3 Å². The SMILES string of the molecule is CN(Cc1ccccc1)[C@H](c1ccnc2nccn12)[C@H](O[Si](C)(C)C(C)(C)C)[C@H]1COC(C)(C)O1. The Hall–Kier alpha value is -2.10. The zero-order valence-corrected chi connectivity index (χ0v) is 23.4. The first kappa shape index (κ1) is 26.0. The lowest BCUT2D eigenvalue weighted by molar-refractivity contribution is -0.155. The average Bonchev–Trinajstić information content (AvgIpc) is 3.39. The van der Waals surface area contributed by atoms with Crippen LogP contribution < -0.4 is 0 Å². The van der Waals surface area contributed by atoms with Crippen LogP contribution in [0.2, 0.25) is 18.1 Å². The van der Waals surface area contributed by atoms with Crippen molar-refractivity contribution in [2.45, 2.75) is 83.3 Å². The number of benzene rings is 1. The van der Waals surface area contributed by atoms with E-state index in [1.165, 1.54) is 5.56 Å². The normalized spacial score (nSPS) is 20.4. The molecule has 35 heavy (non-hydrogen) atoms. The Balaban J connectivity index is 1.82. The number of aromatic nitrogens is 3. The van der Waals surface area contributed by atoms with E-state index in [4.69, 9.17) is 13.9 Å². The van der Waals surface area contributed by atoms with Crippen LogP contribution in [0.4, 0.5) is 0 Å². The fraction of sp³-hybridized carbons (Fsp3) is 0.556. The average molecular weight is 497 g/mol. The maximum absolute atomic E-state index is 7.22. The summed E-state index contributed by atoms with van der Waals surface area (Å²) in [6.45, 7) is 16.6. The summed E-state index contributed by atoms with van der Waals surface area (Å²) in [5, 5.41) is 0.0470. The van der Waals surface area contributed by atoms with Crippen LogP contribution in [-0.2, 0) is 20.4 Å². The highest BCUT2D eigenvalue weighted by Crippen LogP contribution is 2.42. The van der Waals surface area contributed by atoms with Crippen molar-refractivity contribution in [3.63, 3.8) is 0 Å². The van der Waals surface area contributed by atoms with Gasteiger partial charge in [-0.3, -0.25) is 9.30 Å². The molecule has 3 aromatic rings. The molecule has 0 unspecified atom stereocenters. The van der Waals surface area contributed by atoms with Crippen LogP contribution >= 0.6 is 0 Å². The highest BCUT2D eigenvalue weighted by Gasteiger charge is 2.48. The van der Waals surface area contributed by atoms with Crippen LogP contribution in [0.5, 0.6) is 0 Å². The summed E-state index contributed by atoms with van der Waals surface area (Å²) in [4.78, 5) is 11.3. The third kappa shape index (κ3) is 5.67. The molecule has 1 aliphatic heterocycles. The summed E-state index contributed by atoms with van der Waals surface area (Å²) in [6.07, 6.45) is 5.14. The van der Waals surface area contributed by atoms with Gasteiger partial charge in [-0.2, -0.15) is 0 Å². The number of likely N-dealkylation sites (N-methyl/N-ethyl adjacent to an activating group) is 1. The summed E-state index contributed by atoms with van der Waals surface area (Å²) < 4.78 is 21.8. The third-order valence-corrected chi connectivity index (χ3v) is 11.8. The van der Waals surface area contributed by atoms with Crippen LogP contribution in [0.15, 0.2) is 55.0 Å².